The van der Waals surface area contributed by atoms with Gasteiger partial charge >= 0.3 is 0 Å². The van der Waals surface area contributed by atoms with E-state index in [0.29, 0.717) is 6.54 Å². The number of hydrogen-bond acceptors (Lipinski definition) is 3. The molecule has 0 unspecified atom stereocenters. The van der Waals surface area contributed by atoms with Crippen LogP contribution < -0.4 is 10.0 Å². The zero-order chi connectivity index (χ0) is 15.5. The molecule has 0 fully saturated rings. The van der Waals surface area contributed by atoms with E-state index in [2.05, 4.69) is 10.0 Å². The van der Waals surface area contributed by atoms with Gasteiger partial charge in [0.1, 0.15) is 5.82 Å². The molecular formula is C14H14ClFN2O2S. The maximum Gasteiger partial charge on any atom is 0.261 e. The molecule has 0 bridgehead atoms. The molecule has 0 saturated heterocycles. The fourth-order valence-electron chi connectivity index (χ4n) is 1.77. The van der Waals surface area contributed by atoms with Crippen LogP contribution in [0, 0.1) is 5.82 Å². The van der Waals surface area contributed by atoms with E-state index in [1.54, 1.807) is 12.1 Å². The highest BCUT2D eigenvalue weighted by Crippen LogP contribution is 2.25. The van der Waals surface area contributed by atoms with Gasteiger partial charge in [0.2, 0.25) is 0 Å². The van der Waals surface area contributed by atoms with E-state index < -0.39 is 15.8 Å². The maximum atomic E-state index is 13.0. The number of benzene rings is 2. The van der Waals surface area contributed by atoms with Crippen molar-refractivity contribution in [2.75, 3.05) is 11.8 Å². The monoisotopic (exact) mass is 328 g/mol. The number of sulfonamides is 1. The van der Waals surface area contributed by atoms with Crippen molar-refractivity contribution < 1.29 is 12.8 Å². The van der Waals surface area contributed by atoms with E-state index in [-0.39, 0.29) is 15.6 Å². The summed E-state index contributed by atoms with van der Waals surface area (Å²) in [5.74, 6) is -0.528. The van der Waals surface area contributed by atoms with Crippen molar-refractivity contribution in [1.29, 1.82) is 0 Å². The highest BCUT2D eigenvalue weighted by Gasteiger charge is 2.15. The second-order valence-electron chi connectivity index (χ2n) is 4.40. The largest absolute Gasteiger partial charge is 0.316 e. The Morgan fingerprint density at radius 1 is 1.14 bits per heavy atom. The number of halogens is 2. The third-order valence-corrected chi connectivity index (χ3v) is 4.48. The standard InChI is InChI=1S/C14H14ClFN2O2S/c1-17-9-10-2-5-12(6-3-10)21(19,20)18-14-7-4-11(16)8-13(14)15/h2-8,17-18H,9H2,1H3. The van der Waals surface area contributed by atoms with Gasteiger partial charge in [-0.1, -0.05) is 23.7 Å². The quantitative estimate of drug-likeness (QED) is 0.887. The van der Waals surface area contributed by atoms with Crippen molar-refractivity contribution in [2.45, 2.75) is 11.4 Å². The van der Waals surface area contributed by atoms with Crippen LogP contribution in [0.5, 0.6) is 0 Å². The second-order valence-corrected chi connectivity index (χ2v) is 6.49. The van der Waals surface area contributed by atoms with Gasteiger partial charge < -0.3 is 5.32 Å². The highest BCUT2D eigenvalue weighted by atomic mass is 35.5. The summed E-state index contributed by atoms with van der Waals surface area (Å²) in [7, 11) is -1.95. The first-order valence-corrected chi connectivity index (χ1v) is 8.00. The van der Waals surface area contributed by atoms with Crippen LogP contribution in [0.4, 0.5) is 10.1 Å². The summed E-state index contributed by atoms with van der Waals surface area (Å²) in [6, 6.07) is 9.92. The SMILES string of the molecule is CNCc1ccc(S(=O)(=O)Nc2ccc(F)cc2Cl)cc1. The molecule has 2 aromatic rings. The summed E-state index contributed by atoms with van der Waals surface area (Å²) in [5, 5.41) is 2.98. The summed E-state index contributed by atoms with van der Waals surface area (Å²) >= 11 is 5.81. The van der Waals surface area contributed by atoms with Crippen LogP contribution >= 0.6 is 11.6 Å². The Hall–Kier alpha value is -1.63. The van der Waals surface area contributed by atoms with Gasteiger partial charge in [-0.2, -0.15) is 0 Å². The van der Waals surface area contributed by atoms with Crippen molar-refractivity contribution in [3.8, 4) is 0 Å². The van der Waals surface area contributed by atoms with Crippen molar-refractivity contribution in [3.05, 3.63) is 58.9 Å². The van der Waals surface area contributed by atoms with Crippen LogP contribution in [-0.4, -0.2) is 15.5 Å². The van der Waals surface area contributed by atoms with Gasteiger partial charge in [0.05, 0.1) is 15.6 Å². The van der Waals surface area contributed by atoms with E-state index in [0.717, 1.165) is 17.7 Å². The molecule has 0 saturated carbocycles. The van der Waals surface area contributed by atoms with E-state index >= 15 is 0 Å². The number of hydrogen-bond donors (Lipinski definition) is 2. The maximum absolute atomic E-state index is 13.0. The lowest BCUT2D eigenvalue weighted by molar-refractivity contribution is 0.601. The molecule has 0 aliphatic heterocycles. The Morgan fingerprint density at radius 3 is 2.38 bits per heavy atom. The Bertz CT molecular complexity index is 733. The van der Waals surface area contributed by atoms with E-state index in [9.17, 15) is 12.8 Å². The number of nitrogens with one attached hydrogen (secondary N) is 2. The van der Waals surface area contributed by atoms with Gasteiger partial charge in [-0.15, -0.1) is 0 Å². The van der Waals surface area contributed by atoms with Crippen LogP contribution in [0.25, 0.3) is 0 Å². The molecule has 0 aromatic heterocycles. The molecule has 7 heteroatoms. The second kappa shape index (κ2) is 6.43. The molecule has 2 N–H and O–H groups in total. The van der Waals surface area contributed by atoms with Crippen LogP contribution in [-0.2, 0) is 16.6 Å². The Kier molecular flexibility index (Phi) is 4.82. The number of anilines is 1. The van der Waals surface area contributed by atoms with Gasteiger partial charge in [-0.25, -0.2) is 12.8 Å². The third-order valence-electron chi connectivity index (χ3n) is 2.79. The predicted octanol–water partition coefficient (Wildman–Crippen LogP) is 3.00. The lowest BCUT2D eigenvalue weighted by Gasteiger charge is -2.10. The van der Waals surface area contributed by atoms with Crippen molar-refractivity contribution in [3.63, 3.8) is 0 Å². The Balaban J connectivity index is 2.25. The average molecular weight is 329 g/mol. The summed E-state index contributed by atoms with van der Waals surface area (Å²) < 4.78 is 39.7. The molecule has 2 rings (SSSR count). The molecule has 2 aromatic carbocycles. The minimum Gasteiger partial charge on any atom is -0.316 e. The first-order chi connectivity index (χ1) is 9.92. The molecule has 21 heavy (non-hydrogen) atoms. The van der Waals surface area contributed by atoms with E-state index in [1.807, 2.05) is 7.05 Å². The molecule has 0 radical (unpaired) electrons. The van der Waals surface area contributed by atoms with Crippen LogP contribution in [0.2, 0.25) is 5.02 Å². The first kappa shape index (κ1) is 15.8. The molecular weight excluding hydrogens is 315 g/mol. The van der Waals surface area contributed by atoms with Crippen molar-refractivity contribution in [1.82, 2.24) is 5.32 Å². The Morgan fingerprint density at radius 2 is 1.81 bits per heavy atom. The zero-order valence-corrected chi connectivity index (χ0v) is 12.8. The summed E-state index contributed by atoms with van der Waals surface area (Å²) in [4.78, 5) is 0.114. The normalized spacial score (nSPS) is 11.4. The molecule has 112 valence electrons. The fourth-order valence-corrected chi connectivity index (χ4v) is 3.12. The Labute approximate surface area is 128 Å². The molecule has 0 heterocycles. The van der Waals surface area contributed by atoms with E-state index in [1.165, 1.54) is 18.2 Å². The molecule has 4 nitrogen and oxygen atoms in total. The van der Waals surface area contributed by atoms with Crippen LogP contribution in [0.1, 0.15) is 5.56 Å². The van der Waals surface area contributed by atoms with Crippen LogP contribution in [0.15, 0.2) is 47.4 Å². The van der Waals surface area contributed by atoms with Crippen molar-refractivity contribution in [2.24, 2.45) is 0 Å². The number of rotatable bonds is 5. The third kappa shape index (κ3) is 3.93. The van der Waals surface area contributed by atoms with Crippen LogP contribution in [0.3, 0.4) is 0 Å². The van der Waals surface area contributed by atoms with Gasteiger partial charge in [-0.05, 0) is 42.9 Å². The van der Waals surface area contributed by atoms with Gasteiger partial charge in [0.15, 0.2) is 0 Å². The van der Waals surface area contributed by atoms with Gasteiger partial charge in [0.25, 0.3) is 10.0 Å². The minimum absolute atomic E-state index is 0.00498. The summed E-state index contributed by atoms with van der Waals surface area (Å²) in [5.41, 5.74) is 1.11. The molecule has 0 aliphatic rings. The van der Waals surface area contributed by atoms with E-state index in [4.69, 9.17) is 11.6 Å². The highest BCUT2D eigenvalue weighted by molar-refractivity contribution is 7.92. The molecule has 0 aliphatic carbocycles. The average Bonchev–Trinajstić information content (AvgIpc) is 2.43. The van der Waals surface area contributed by atoms with Gasteiger partial charge in [-0.3, -0.25) is 4.72 Å². The topological polar surface area (TPSA) is 58.2 Å². The predicted molar refractivity (Wildman–Crippen MR) is 81.4 cm³/mol. The fraction of sp³-hybridized carbons (Fsp3) is 0.143. The smallest absolute Gasteiger partial charge is 0.261 e. The van der Waals surface area contributed by atoms with Crippen molar-refractivity contribution >= 4 is 27.3 Å². The first-order valence-electron chi connectivity index (χ1n) is 6.14. The summed E-state index contributed by atoms with van der Waals surface area (Å²) in [6.07, 6.45) is 0. The minimum atomic E-state index is -3.76. The molecule has 0 atom stereocenters. The van der Waals surface area contributed by atoms with Gasteiger partial charge in [0, 0.05) is 6.54 Å². The molecule has 0 spiro atoms. The summed E-state index contributed by atoms with van der Waals surface area (Å²) in [6.45, 7) is 0.650. The zero-order valence-electron chi connectivity index (χ0n) is 11.2. The lowest BCUT2D eigenvalue weighted by Crippen LogP contribution is -2.13. The molecule has 0 amide bonds. The lowest BCUT2D eigenvalue weighted by atomic mass is 10.2.